The van der Waals surface area contributed by atoms with E-state index in [4.69, 9.17) is 0 Å². The first kappa shape index (κ1) is 11.7. The van der Waals surface area contributed by atoms with Gasteiger partial charge < -0.3 is 10.2 Å². The molecule has 0 radical (unpaired) electrons. The highest BCUT2D eigenvalue weighted by Gasteiger charge is 2.70. The van der Waals surface area contributed by atoms with Gasteiger partial charge in [0.25, 0.3) is 0 Å². The fourth-order valence-electron chi connectivity index (χ4n) is 5.53. The molecule has 3 aliphatic carbocycles. The van der Waals surface area contributed by atoms with E-state index >= 15 is 0 Å². The van der Waals surface area contributed by atoms with Gasteiger partial charge in [-0.3, -0.25) is 0 Å². The van der Waals surface area contributed by atoms with Crippen LogP contribution in [0.15, 0.2) is 12.2 Å². The monoisotopic (exact) mass is 236 g/mol. The van der Waals surface area contributed by atoms with Crippen molar-refractivity contribution in [1.29, 1.82) is 0 Å². The van der Waals surface area contributed by atoms with Crippen LogP contribution in [-0.4, -0.2) is 21.9 Å². The molecule has 0 aromatic carbocycles. The van der Waals surface area contributed by atoms with Crippen LogP contribution < -0.4 is 0 Å². The summed E-state index contributed by atoms with van der Waals surface area (Å²) in [6.45, 7) is 10.9. The van der Waals surface area contributed by atoms with E-state index in [-0.39, 0.29) is 22.7 Å². The summed E-state index contributed by atoms with van der Waals surface area (Å²) in [6, 6.07) is 0. The Morgan fingerprint density at radius 1 is 1.24 bits per heavy atom. The molecule has 0 saturated heterocycles. The Morgan fingerprint density at radius 3 is 2.53 bits per heavy atom. The predicted molar refractivity (Wildman–Crippen MR) is 67.4 cm³/mol. The molecule has 0 aliphatic heterocycles. The highest BCUT2D eigenvalue weighted by atomic mass is 16.3. The highest BCUT2D eigenvalue weighted by molar-refractivity contribution is 5.34. The maximum atomic E-state index is 11.2. The van der Waals surface area contributed by atoms with Crippen molar-refractivity contribution in [2.45, 2.75) is 58.2 Å². The zero-order valence-corrected chi connectivity index (χ0v) is 11.2. The van der Waals surface area contributed by atoms with Crippen LogP contribution in [0.1, 0.15) is 46.5 Å². The van der Waals surface area contributed by atoms with Gasteiger partial charge in [-0.15, -0.1) is 0 Å². The molecule has 2 N–H and O–H groups in total. The summed E-state index contributed by atoms with van der Waals surface area (Å²) in [7, 11) is 0. The molecule has 2 heteroatoms. The second kappa shape index (κ2) is 2.97. The van der Waals surface area contributed by atoms with Crippen molar-refractivity contribution in [3.63, 3.8) is 0 Å². The molecular formula is C15H24O2. The Kier molecular flexibility index (Phi) is 2.05. The lowest BCUT2D eigenvalue weighted by atomic mass is 9.66. The second-order valence-electron chi connectivity index (χ2n) is 7.58. The number of fused-ring (bicyclic) bond motifs is 3. The second-order valence-corrected chi connectivity index (χ2v) is 7.58. The molecule has 3 fully saturated rings. The molecule has 0 amide bonds. The Balaban J connectivity index is 2.11. The SMILES string of the molecule is C=C1[C@H](O)C[C@@H]2C[C@@]3(C)CCC(C)(C)[C@H]3[C@]12O. The van der Waals surface area contributed by atoms with Crippen LogP contribution >= 0.6 is 0 Å². The largest absolute Gasteiger partial charge is 0.389 e. The molecule has 0 aromatic heterocycles. The fourth-order valence-corrected chi connectivity index (χ4v) is 5.53. The van der Waals surface area contributed by atoms with Crippen molar-refractivity contribution in [1.82, 2.24) is 0 Å². The Bertz CT molecular complexity index is 386. The van der Waals surface area contributed by atoms with E-state index < -0.39 is 11.7 Å². The van der Waals surface area contributed by atoms with Crippen molar-refractivity contribution in [3.8, 4) is 0 Å². The third kappa shape index (κ3) is 1.18. The Morgan fingerprint density at radius 2 is 1.88 bits per heavy atom. The van der Waals surface area contributed by atoms with E-state index in [1.54, 1.807) is 0 Å². The molecule has 0 bridgehead atoms. The topological polar surface area (TPSA) is 40.5 Å². The van der Waals surface area contributed by atoms with Crippen LogP contribution in [0.4, 0.5) is 0 Å². The molecule has 0 unspecified atom stereocenters. The molecule has 3 rings (SSSR count). The number of hydrogen-bond acceptors (Lipinski definition) is 2. The third-order valence-electron chi connectivity index (χ3n) is 6.02. The van der Waals surface area contributed by atoms with Crippen LogP contribution in [0.5, 0.6) is 0 Å². The molecule has 0 spiro atoms. The van der Waals surface area contributed by atoms with E-state index in [0.29, 0.717) is 12.0 Å². The first-order valence-electron chi connectivity index (χ1n) is 6.81. The van der Waals surface area contributed by atoms with Gasteiger partial charge in [-0.1, -0.05) is 27.4 Å². The minimum atomic E-state index is -0.811. The molecule has 0 heterocycles. The van der Waals surface area contributed by atoms with Gasteiger partial charge in [0.2, 0.25) is 0 Å². The lowest BCUT2D eigenvalue weighted by molar-refractivity contribution is -0.0402. The van der Waals surface area contributed by atoms with Gasteiger partial charge in [-0.05, 0) is 48.0 Å². The van der Waals surface area contributed by atoms with E-state index in [0.717, 1.165) is 6.42 Å². The summed E-state index contributed by atoms with van der Waals surface area (Å²) >= 11 is 0. The first-order valence-corrected chi connectivity index (χ1v) is 6.81. The maximum absolute atomic E-state index is 11.2. The highest BCUT2D eigenvalue weighted by Crippen LogP contribution is 2.71. The average Bonchev–Trinajstić information content (AvgIpc) is 2.66. The fraction of sp³-hybridized carbons (Fsp3) is 0.867. The van der Waals surface area contributed by atoms with Crippen LogP contribution in [0.3, 0.4) is 0 Å². The smallest absolute Gasteiger partial charge is 0.0946 e. The molecule has 5 atom stereocenters. The van der Waals surface area contributed by atoms with Gasteiger partial charge in [-0.25, -0.2) is 0 Å². The molecule has 2 nitrogen and oxygen atoms in total. The lowest BCUT2D eigenvalue weighted by Gasteiger charge is -2.42. The molecular weight excluding hydrogens is 212 g/mol. The summed E-state index contributed by atoms with van der Waals surface area (Å²) in [5.41, 5.74) is 0.275. The van der Waals surface area contributed by atoms with Gasteiger partial charge in [0.1, 0.15) is 0 Å². The minimum Gasteiger partial charge on any atom is -0.389 e. The van der Waals surface area contributed by atoms with Crippen molar-refractivity contribution >= 4 is 0 Å². The number of aliphatic hydroxyl groups is 2. The van der Waals surface area contributed by atoms with E-state index in [1.807, 2.05) is 0 Å². The summed E-state index contributed by atoms with van der Waals surface area (Å²) in [5, 5.41) is 21.2. The Hall–Kier alpha value is -0.340. The summed E-state index contributed by atoms with van der Waals surface area (Å²) < 4.78 is 0. The zero-order valence-electron chi connectivity index (χ0n) is 11.2. The van der Waals surface area contributed by atoms with Crippen molar-refractivity contribution < 1.29 is 10.2 Å². The molecule has 3 aliphatic rings. The predicted octanol–water partition coefficient (Wildman–Crippen LogP) is 2.50. The summed E-state index contributed by atoms with van der Waals surface area (Å²) in [5.74, 6) is 0.483. The van der Waals surface area contributed by atoms with Crippen LogP contribution in [-0.2, 0) is 0 Å². The number of rotatable bonds is 0. The van der Waals surface area contributed by atoms with Gasteiger partial charge in [0.05, 0.1) is 11.7 Å². The standard InChI is InChI=1S/C15H24O2/c1-9-11(16)7-10-8-14(4)6-5-13(2,3)12(14)15(9,10)17/h10-12,16-17H,1,5-8H2,2-4H3/t10-,11-,12-,14-,15+/m1/s1. The lowest BCUT2D eigenvalue weighted by Crippen LogP contribution is -2.46. The Labute approximate surface area is 104 Å². The quantitative estimate of drug-likeness (QED) is 0.634. The van der Waals surface area contributed by atoms with Gasteiger partial charge >= 0.3 is 0 Å². The first-order chi connectivity index (χ1) is 7.72. The zero-order chi connectivity index (χ0) is 12.6. The van der Waals surface area contributed by atoms with Gasteiger partial charge in [0, 0.05) is 5.92 Å². The van der Waals surface area contributed by atoms with E-state index in [1.165, 1.54) is 12.8 Å². The number of hydrogen-bond donors (Lipinski definition) is 2. The van der Waals surface area contributed by atoms with Crippen LogP contribution in [0.25, 0.3) is 0 Å². The van der Waals surface area contributed by atoms with Crippen molar-refractivity contribution in [3.05, 3.63) is 12.2 Å². The van der Waals surface area contributed by atoms with Crippen LogP contribution in [0, 0.1) is 22.7 Å². The van der Waals surface area contributed by atoms with Crippen molar-refractivity contribution in [2.75, 3.05) is 0 Å². The molecule has 0 aromatic rings. The van der Waals surface area contributed by atoms with Crippen molar-refractivity contribution in [2.24, 2.45) is 22.7 Å². The summed E-state index contributed by atoms with van der Waals surface area (Å²) in [4.78, 5) is 0. The minimum absolute atomic E-state index is 0.158. The van der Waals surface area contributed by atoms with Gasteiger partial charge in [-0.2, -0.15) is 0 Å². The van der Waals surface area contributed by atoms with E-state index in [2.05, 4.69) is 27.4 Å². The van der Waals surface area contributed by atoms with Gasteiger partial charge in [0.15, 0.2) is 0 Å². The normalized spacial score (nSPS) is 56.1. The number of aliphatic hydroxyl groups excluding tert-OH is 1. The maximum Gasteiger partial charge on any atom is 0.0946 e. The molecule has 3 saturated carbocycles. The van der Waals surface area contributed by atoms with Crippen LogP contribution in [0.2, 0.25) is 0 Å². The molecule has 96 valence electrons. The molecule has 17 heavy (non-hydrogen) atoms. The third-order valence-corrected chi connectivity index (χ3v) is 6.02. The average molecular weight is 236 g/mol. The summed E-state index contributed by atoms with van der Waals surface area (Å²) in [6.07, 6.45) is 3.64. The van der Waals surface area contributed by atoms with E-state index in [9.17, 15) is 10.2 Å².